The summed E-state index contributed by atoms with van der Waals surface area (Å²) in [7, 11) is 0. The summed E-state index contributed by atoms with van der Waals surface area (Å²) in [6.45, 7) is 0. The Balaban J connectivity index is 1.19. The lowest BCUT2D eigenvalue weighted by molar-refractivity contribution is 1.07. The van der Waals surface area contributed by atoms with E-state index in [1.807, 2.05) is 42.5 Å². The Hall–Kier alpha value is -7.23. The number of benzene rings is 9. The van der Waals surface area contributed by atoms with Gasteiger partial charge in [0, 0.05) is 16.7 Å². The van der Waals surface area contributed by atoms with Gasteiger partial charge in [0.1, 0.15) is 0 Å². The number of fused-ring (bicyclic) bond motifs is 6. The summed E-state index contributed by atoms with van der Waals surface area (Å²) >= 11 is 0. The number of hydrogen-bond acceptors (Lipinski definition) is 3. The van der Waals surface area contributed by atoms with E-state index in [0.717, 1.165) is 11.1 Å². The van der Waals surface area contributed by atoms with E-state index < -0.39 is 164 Å². The molecular weight excluding hydrogens is 655 g/mol. The van der Waals surface area contributed by atoms with Crippen molar-refractivity contribution in [2.24, 2.45) is 0 Å². The van der Waals surface area contributed by atoms with Gasteiger partial charge in [-0.3, -0.25) is 0 Å². The molecule has 0 saturated carbocycles. The van der Waals surface area contributed by atoms with E-state index in [0.29, 0.717) is 11.1 Å². The molecule has 252 valence electrons. The van der Waals surface area contributed by atoms with Gasteiger partial charge in [-0.25, -0.2) is 15.0 Å². The summed E-state index contributed by atoms with van der Waals surface area (Å²) in [6, 6.07) is 10.7. The Morgan fingerprint density at radius 1 is 0.259 bits per heavy atom. The van der Waals surface area contributed by atoms with Crippen LogP contribution in [0.15, 0.2) is 200 Å². The minimum Gasteiger partial charge on any atom is -0.208 e. The lowest BCUT2D eigenvalue weighted by Gasteiger charge is -2.12. The lowest BCUT2D eigenvalue weighted by Crippen LogP contribution is -2.00. The third-order valence-corrected chi connectivity index (χ3v) is 8.83. The summed E-state index contributed by atoms with van der Waals surface area (Å²) in [5, 5.41) is -2.59. The molecule has 10 rings (SSSR count). The second-order valence-electron chi connectivity index (χ2n) is 12.1. The predicted octanol–water partition coefficient (Wildman–Crippen LogP) is 13.3. The van der Waals surface area contributed by atoms with Gasteiger partial charge in [-0.2, -0.15) is 0 Å². The zero-order chi connectivity index (χ0) is 52.4. The van der Waals surface area contributed by atoms with E-state index in [4.69, 9.17) is 16.0 Å². The Bertz CT molecular complexity index is 3960. The van der Waals surface area contributed by atoms with Crippen molar-refractivity contribution in [2.75, 3.05) is 0 Å². The Labute approximate surface area is 340 Å². The number of nitrogens with zero attached hydrogens (tertiary/aromatic N) is 3. The molecule has 0 unspecified atom stereocenters. The molecule has 0 fully saturated rings. The van der Waals surface area contributed by atoms with Crippen LogP contribution in [0, 0.1) is 0 Å². The fraction of sp³-hybridized carbons (Fsp3) is 0. The summed E-state index contributed by atoms with van der Waals surface area (Å²) in [4.78, 5) is 14.0. The highest BCUT2D eigenvalue weighted by molar-refractivity contribution is 6.25. The monoisotopic (exact) mass is 706 g/mol. The second kappa shape index (κ2) is 13.4. The van der Waals surface area contributed by atoms with Gasteiger partial charge in [0.05, 0.1) is 26.0 Å². The van der Waals surface area contributed by atoms with Crippen LogP contribution in [0.2, 0.25) is 0 Å². The van der Waals surface area contributed by atoms with Gasteiger partial charge in [0.25, 0.3) is 0 Å². The van der Waals surface area contributed by atoms with E-state index in [-0.39, 0.29) is 28.4 Å². The van der Waals surface area contributed by atoms with Crippen molar-refractivity contribution in [3.05, 3.63) is 200 Å². The molecule has 0 saturated heterocycles. The van der Waals surface area contributed by atoms with Crippen molar-refractivity contribution >= 4 is 32.3 Å². The topological polar surface area (TPSA) is 38.7 Å². The number of hydrogen-bond donors (Lipinski definition) is 0. The number of aromatic nitrogens is 3. The van der Waals surface area contributed by atoms with Gasteiger partial charge in [-0.1, -0.05) is 194 Å². The van der Waals surface area contributed by atoms with Crippen LogP contribution >= 0.6 is 0 Å². The highest BCUT2D eigenvalue weighted by Gasteiger charge is 2.14. The first-order valence-corrected chi connectivity index (χ1v) is 16.7. The first kappa shape index (κ1) is 17.5. The highest BCUT2D eigenvalue weighted by atomic mass is 15.0. The van der Waals surface area contributed by atoms with Crippen LogP contribution in [0.5, 0.6) is 0 Å². The van der Waals surface area contributed by atoms with Crippen molar-refractivity contribution in [2.45, 2.75) is 0 Å². The van der Waals surface area contributed by atoms with Crippen LogP contribution in [0.3, 0.4) is 0 Å². The van der Waals surface area contributed by atoms with Crippen molar-refractivity contribution < 1.29 is 26.0 Å². The maximum atomic E-state index is 9.59. The van der Waals surface area contributed by atoms with E-state index in [9.17, 15) is 15.1 Å². The second-order valence-corrected chi connectivity index (χ2v) is 12.1. The Kier molecular flexibility index (Phi) is 4.35. The van der Waals surface area contributed by atoms with E-state index in [1.54, 1.807) is 42.5 Å². The van der Waals surface area contributed by atoms with Crippen LogP contribution in [-0.2, 0) is 0 Å². The van der Waals surface area contributed by atoms with E-state index in [1.165, 1.54) is 0 Å². The minimum atomic E-state index is -0.931. The molecule has 0 atom stereocenters. The van der Waals surface area contributed by atoms with Gasteiger partial charge in [0.15, 0.2) is 17.5 Å². The maximum absolute atomic E-state index is 9.59. The minimum absolute atomic E-state index is 0.151. The predicted molar refractivity (Wildman–Crippen MR) is 225 cm³/mol. The Morgan fingerprint density at radius 2 is 0.593 bits per heavy atom. The van der Waals surface area contributed by atoms with Crippen LogP contribution in [0.4, 0.5) is 0 Å². The molecule has 0 aliphatic carbocycles. The van der Waals surface area contributed by atoms with Crippen molar-refractivity contribution in [3.63, 3.8) is 0 Å². The zero-order valence-corrected chi connectivity index (χ0v) is 27.9. The Morgan fingerprint density at radius 3 is 1.11 bits per heavy atom. The highest BCUT2D eigenvalue weighted by Crippen LogP contribution is 2.37. The van der Waals surface area contributed by atoms with Crippen molar-refractivity contribution in [3.8, 4) is 67.5 Å². The van der Waals surface area contributed by atoms with Gasteiger partial charge in [-0.05, 0) is 71.7 Å². The average molecular weight is 707 g/mol. The van der Waals surface area contributed by atoms with Gasteiger partial charge >= 0.3 is 0 Å². The quantitative estimate of drug-likeness (QED) is 0.162. The van der Waals surface area contributed by atoms with E-state index in [2.05, 4.69) is 9.97 Å². The molecule has 1 aromatic heterocycles. The fourth-order valence-corrected chi connectivity index (χ4v) is 6.17. The summed E-state index contributed by atoms with van der Waals surface area (Å²) < 4.78 is 172. The van der Waals surface area contributed by atoms with Crippen LogP contribution in [0.1, 0.15) is 26.0 Å². The lowest BCUT2D eigenvalue weighted by atomic mass is 9.92. The molecule has 0 amide bonds. The smallest absolute Gasteiger partial charge is 0.164 e. The third kappa shape index (κ3) is 5.78. The van der Waals surface area contributed by atoms with Crippen LogP contribution < -0.4 is 0 Å². The van der Waals surface area contributed by atoms with Crippen LogP contribution in [0.25, 0.3) is 99.9 Å². The SMILES string of the molecule is [2H]c1c([2H])c(-c2c([2H])c([2H])c(-c3c([2H])c([2H])c4c5c([2H])c([2H])c([2H])c([2H])c5c5c([2H])c([2H])c([2H])c([2H])c5c4c3[2H])c([2H])c2[2H])c([2H])c([2H])c1-c1nc(-c2ccccc2)nc(-c2ccc(-c3ccccc3)cc2)n1. The van der Waals surface area contributed by atoms with Gasteiger partial charge in [0.2, 0.25) is 0 Å². The summed E-state index contributed by atoms with van der Waals surface area (Å²) in [5.41, 5.74) is -0.0820. The molecule has 0 radical (unpaired) electrons. The van der Waals surface area contributed by atoms with Crippen molar-refractivity contribution in [1.29, 1.82) is 0 Å². The van der Waals surface area contributed by atoms with Gasteiger partial charge in [-0.15, -0.1) is 0 Å². The largest absolute Gasteiger partial charge is 0.208 e. The van der Waals surface area contributed by atoms with Crippen molar-refractivity contribution in [1.82, 2.24) is 15.0 Å². The normalized spacial score (nSPS) is 16.3. The summed E-state index contributed by atoms with van der Waals surface area (Å²) in [6.07, 6.45) is 0. The number of rotatable bonds is 6. The first-order chi connectivity index (χ1) is 34.7. The molecule has 0 spiro atoms. The van der Waals surface area contributed by atoms with Crippen LogP contribution in [-0.4, -0.2) is 15.0 Å². The third-order valence-electron chi connectivity index (χ3n) is 8.83. The van der Waals surface area contributed by atoms with Gasteiger partial charge < -0.3 is 0 Å². The molecule has 10 aromatic rings. The molecule has 3 nitrogen and oxygen atoms in total. The van der Waals surface area contributed by atoms with E-state index >= 15 is 0 Å². The molecule has 9 aromatic carbocycles. The zero-order valence-electron chi connectivity index (χ0n) is 46.9. The fourth-order valence-electron chi connectivity index (χ4n) is 6.17. The molecule has 0 N–H and O–H groups in total. The standard InChI is InChI=1S/C51H33N3/c1-3-11-34(12-4-1)35-23-27-40(28-24-35)50-52-49(39-13-5-2-6-14-39)53-51(54-50)41-29-25-37(26-30-41)36-19-21-38(22-20-36)42-31-32-47-45-17-8-7-15-43(45)44-16-9-10-18-46(44)48(47)33-42/h1-33H/i7D,8D,9D,10D,15D,16D,17D,18D,19D,20D,21D,22D,25D,26D,29D,30D,31D,32D,33D. The average Bonchev–Trinajstić information content (AvgIpc) is 3.40. The molecule has 54 heavy (non-hydrogen) atoms. The molecule has 3 heteroatoms. The molecule has 0 aliphatic heterocycles. The maximum Gasteiger partial charge on any atom is 0.164 e. The molecule has 0 aliphatic rings. The molecule has 0 bridgehead atoms. The molecule has 1 heterocycles. The first-order valence-electron chi connectivity index (χ1n) is 26.2. The summed E-state index contributed by atoms with van der Waals surface area (Å²) in [5.74, 6) is 0.0723. The molecular formula is C51H33N3.